The van der Waals surface area contributed by atoms with Gasteiger partial charge in [-0.3, -0.25) is 19.0 Å². The Morgan fingerprint density at radius 3 is 2.90 bits per heavy atom. The number of benzene rings is 1. The number of rotatable bonds is 2. The highest BCUT2D eigenvalue weighted by molar-refractivity contribution is 5.95. The maximum Gasteiger partial charge on any atom is 0.268 e. The van der Waals surface area contributed by atoms with E-state index < -0.39 is 0 Å². The van der Waals surface area contributed by atoms with Gasteiger partial charge in [-0.25, -0.2) is 0 Å². The van der Waals surface area contributed by atoms with Gasteiger partial charge in [0.1, 0.15) is 5.56 Å². The zero-order chi connectivity index (χ0) is 20.1. The molecule has 2 amide bonds. The molecule has 6 nitrogen and oxygen atoms in total. The number of piperidine rings is 1. The average molecular weight is 391 g/mol. The van der Waals surface area contributed by atoms with Crippen LogP contribution in [0, 0.1) is 12.8 Å². The van der Waals surface area contributed by atoms with Gasteiger partial charge >= 0.3 is 0 Å². The molecule has 1 N–H and O–H groups in total. The Kier molecular flexibility index (Phi) is 4.30. The van der Waals surface area contributed by atoms with Crippen LogP contribution in [0.1, 0.15) is 46.3 Å². The second-order valence-electron chi connectivity index (χ2n) is 8.50. The minimum absolute atomic E-state index is 0.0606. The molecule has 2 fully saturated rings. The van der Waals surface area contributed by atoms with Gasteiger partial charge in [-0.1, -0.05) is 12.1 Å². The Bertz CT molecular complexity index is 1070. The molecule has 0 bridgehead atoms. The van der Waals surface area contributed by atoms with E-state index in [0.29, 0.717) is 25.1 Å². The molecule has 3 heterocycles. The highest BCUT2D eigenvalue weighted by Gasteiger charge is 2.39. The Balaban J connectivity index is 1.51. The molecule has 5 rings (SSSR count). The van der Waals surface area contributed by atoms with Crippen molar-refractivity contribution in [2.24, 2.45) is 5.92 Å². The van der Waals surface area contributed by atoms with Crippen molar-refractivity contribution in [3.05, 3.63) is 63.1 Å². The zero-order valence-electron chi connectivity index (χ0n) is 16.6. The fraction of sp³-hybridized carbons (Fsp3) is 0.435. The van der Waals surface area contributed by atoms with E-state index in [9.17, 15) is 14.4 Å². The first kappa shape index (κ1) is 18.2. The minimum Gasteiger partial charge on any atom is -0.353 e. The molecule has 0 saturated carbocycles. The van der Waals surface area contributed by atoms with Crippen LogP contribution >= 0.6 is 0 Å². The highest BCUT2D eigenvalue weighted by Crippen LogP contribution is 2.28. The lowest BCUT2D eigenvalue weighted by Crippen LogP contribution is -2.48. The van der Waals surface area contributed by atoms with Crippen LogP contribution in [0.15, 0.2) is 35.3 Å². The van der Waals surface area contributed by atoms with Crippen LogP contribution in [0.2, 0.25) is 0 Å². The van der Waals surface area contributed by atoms with Crippen LogP contribution in [0.4, 0.5) is 0 Å². The average Bonchev–Trinajstić information content (AvgIpc) is 3.32. The third-order valence-corrected chi connectivity index (χ3v) is 6.71. The molecule has 29 heavy (non-hydrogen) atoms. The number of carbonyl (C=O) groups excluding carboxylic acids is 2. The summed E-state index contributed by atoms with van der Waals surface area (Å²) in [6.07, 6.45) is 6.09. The monoisotopic (exact) mass is 391 g/mol. The molecule has 2 aromatic rings. The number of carbonyl (C=O) groups is 2. The SMILES string of the molecule is Cc1ccn(-c2cccc3c2CCC3)c(=O)c1C(=O)N1CC[C@@H]2NC(=O)C[C@@H]2C1. The molecule has 1 aliphatic carbocycles. The van der Waals surface area contributed by atoms with E-state index in [1.165, 1.54) is 11.1 Å². The van der Waals surface area contributed by atoms with Crippen molar-refractivity contribution in [1.29, 1.82) is 0 Å². The van der Waals surface area contributed by atoms with Crippen molar-refractivity contribution < 1.29 is 9.59 Å². The Labute approximate surface area is 169 Å². The van der Waals surface area contributed by atoms with Gasteiger partial charge in [-0.2, -0.15) is 0 Å². The van der Waals surface area contributed by atoms with Gasteiger partial charge in [-0.15, -0.1) is 0 Å². The molecule has 150 valence electrons. The third-order valence-electron chi connectivity index (χ3n) is 6.71. The quantitative estimate of drug-likeness (QED) is 0.851. The first-order valence-corrected chi connectivity index (χ1v) is 10.4. The lowest BCUT2D eigenvalue weighted by molar-refractivity contribution is -0.119. The molecule has 0 spiro atoms. The van der Waals surface area contributed by atoms with Crippen LogP contribution in [0.3, 0.4) is 0 Å². The summed E-state index contributed by atoms with van der Waals surface area (Å²) in [4.78, 5) is 40.2. The Morgan fingerprint density at radius 2 is 2.03 bits per heavy atom. The summed E-state index contributed by atoms with van der Waals surface area (Å²) in [7, 11) is 0. The predicted octanol–water partition coefficient (Wildman–Crippen LogP) is 1.99. The largest absolute Gasteiger partial charge is 0.353 e. The number of amides is 2. The summed E-state index contributed by atoms with van der Waals surface area (Å²) in [6.45, 7) is 2.91. The van der Waals surface area contributed by atoms with Gasteiger partial charge in [0.05, 0.1) is 5.69 Å². The second kappa shape index (κ2) is 6.87. The van der Waals surface area contributed by atoms with Gasteiger partial charge in [0, 0.05) is 37.7 Å². The van der Waals surface area contributed by atoms with E-state index in [-0.39, 0.29) is 34.9 Å². The normalized spacial score (nSPS) is 22.9. The second-order valence-corrected chi connectivity index (χ2v) is 8.50. The van der Waals surface area contributed by atoms with Crippen molar-refractivity contribution in [2.75, 3.05) is 13.1 Å². The number of aromatic nitrogens is 1. The van der Waals surface area contributed by atoms with E-state index in [4.69, 9.17) is 0 Å². The van der Waals surface area contributed by atoms with Crippen molar-refractivity contribution in [1.82, 2.24) is 14.8 Å². The summed E-state index contributed by atoms with van der Waals surface area (Å²) in [6, 6.07) is 8.10. The number of hydrogen-bond acceptors (Lipinski definition) is 3. The number of pyridine rings is 1. The van der Waals surface area contributed by atoms with Crippen LogP contribution in [-0.4, -0.2) is 40.4 Å². The molecule has 3 aliphatic rings. The third kappa shape index (κ3) is 2.98. The zero-order valence-corrected chi connectivity index (χ0v) is 16.6. The number of nitrogens with zero attached hydrogens (tertiary/aromatic N) is 2. The number of hydrogen-bond donors (Lipinski definition) is 1. The van der Waals surface area contributed by atoms with Crippen molar-refractivity contribution >= 4 is 11.8 Å². The molecule has 0 radical (unpaired) electrons. The molecular formula is C23H25N3O3. The Hall–Kier alpha value is -2.89. The van der Waals surface area contributed by atoms with Crippen molar-refractivity contribution in [3.63, 3.8) is 0 Å². The topological polar surface area (TPSA) is 71.4 Å². The minimum atomic E-state index is -0.252. The molecule has 2 aliphatic heterocycles. The van der Waals surface area contributed by atoms with Gasteiger partial charge in [0.15, 0.2) is 0 Å². The standard InChI is InChI=1S/C23H25N3O3/c1-14-8-11-26(19-7-3-5-15-4-2-6-17(15)19)23(29)21(14)22(28)25-10-9-18-16(13-25)12-20(27)24-18/h3,5,7-8,11,16,18H,2,4,6,9-10,12-13H2,1H3,(H,24,27)/t16-,18+/m1/s1. The first-order valence-electron chi connectivity index (χ1n) is 10.4. The first-order chi connectivity index (χ1) is 14.0. The lowest BCUT2D eigenvalue weighted by Gasteiger charge is -2.34. The summed E-state index contributed by atoms with van der Waals surface area (Å²) >= 11 is 0. The van der Waals surface area contributed by atoms with Gasteiger partial charge in [0.2, 0.25) is 5.91 Å². The fourth-order valence-corrected chi connectivity index (χ4v) is 5.18. The van der Waals surface area contributed by atoms with Crippen LogP contribution in [0.25, 0.3) is 5.69 Å². The molecular weight excluding hydrogens is 366 g/mol. The van der Waals surface area contributed by atoms with E-state index >= 15 is 0 Å². The summed E-state index contributed by atoms with van der Waals surface area (Å²) in [5.41, 5.74) is 4.10. The lowest BCUT2D eigenvalue weighted by atomic mass is 9.92. The van der Waals surface area contributed by atoms with Gasteiger partial charge in [-0.05, 0) is 61.4 Å². The highest BCUT2D eigenvalue weighted by atomic mass is 16.2. The maximum atomic E-state index is 13.4. The molecule has 0 unspecified atom stereocenters. The van der Waals surface area contributed by atoms with E-state index in [0.717, 1.165) is 31.4 Å². The van der Waals surface area contributed by atoms with Crippen molar-refractivity contribution in [3.8, 4) is 5.69 Å². The van der Waals surface area contributed by atoms with Crippen LogP contribution in [0.5, 0.6) is 0 Å². The number of likely N-dealkylation sites (tertiary alicyclic amines) is 1. The molecule has 6 heteroatoms. The summed E-state index contributed by atoms with van der Waals surface area (Å²) < 4.78 is 1.64. The Morgan fingerprint density at radius 1 is 1.17 bits per heavy atom. The number of fused-ring (bicyclic) bond motifs is 2. The van der Waals surface area contributed by atoms with E-state index in [1.54, 1.807) is 15.7 Å². The van der Waals surface area contributed by atoms with Gasteiger partial charge in [0.25, 0.3) is 11.5 Å². The molecule has 1 aromatic carbocycles. The fourth-order valence-electron chi connectivity index (χ4n) is 5.18. The molecule has 2 saturated heterocycles. The van der Waals surface area contributed by atoms with Crippen LogP contribution < -0.4 is 10.9 Å². The van der Waals surface area contributed by atoms with E-state index in [2.05, 4.69) is 11.4 Å². The number of aryl methyl sites for hydroxylation is 2. The smallest absolute Gasteiger partial charge is 0.268 e. The van der Waals surface area contributed by atoms with E-state index in [1.807, 2.05) is 25.1 Å². The summed E-state index contributed by atoms with van der Waals surface area (Å²) in [5.74, 6) is -0.0125. The van der Waals surface area contributed by atoms with Crippen LogP contribution in [-0.2, 0) is 17.6 Å². The van der Waals surface area contributed by atoms with Crippen molar-refractivity contribution in [2.45, 2.75) is 45.1 Å². The number of nitrogens with one attached hydrogen (secondary N) is 1. The predicted molar refractivity (Wildman–Crippen MR) is 109 cm³/mol. The molecule has 1 aromatic heterocycles. The summed E-state index contributed by atoms with van der Waals surface area (Å²) in [5, 5.41) is 2.99. The molecule has 2 atom stereocenters. The van der Waals surface area contributed by atoms with Gasteiger partial charge < -0.3 is 10.2 Å². The maximum absolute atomic E-state index is 13.4.